The van der Waals surface area contributed by atoms with Crippen molar-refractivity contribution >= 4 is 51.9 Å². The smallest absolute Gasteiger partial charge is 0.266 e. The van der Waals surface area contributed by atoms with Crippen molar-refractivity contribution in [1.82, 2.24) is 20.5 Å². The number of aryl methyl sites for hydroxylation is 2. The first kappa shape index (κ1) is 38.2. The van der Waals surface area contributed by atoms with Crippen molar-refractivity contribution in [1.29, 1.82) is 5.41 Å². The van der Waals surface area contributed by atoms with Gasteiger partial charge in [-0.05, 0) is 79.4 Å². The Labute approximate surface area is 318 Å². The lowest BCUT2D eigenvalue weighted by atomic mass is 9.99. The van der Waals surface area contributed by atoms with E-state index in [4.69, 9.17) is 31.9 Å². The number of amides is 2. The number of benzene rings is 4. The maximum Gasteiger partial charge on any atom is 0.266 e. The third-order valence-corrected chi connectivity index (χ3v) is 9.85. The van der Waals surface area contributed by atoms with Crippen LogP contribution in [-0.2, 0) is 33.8 Å². The minimum absolute atomic E-state index is 0.109. The average Bonchev–Trinajstić information content (AvgIpc) is 3.81. The van der Waals surface area contributed by atoms with Gasteiger partial charge in [-0.25, -0.2) is 4.98 Å². The fourth-order valence-electron chi connectivity index (χ4n) is 6.73. The molecule has 280 valence electrons. The Morgan fingerprint density at radius 3 is 2.41 bits per heavy atom. The van der Waals surface area contributed by atoms with Crippen LogP contribution in [0.3, 0.4) is 0 Å². The van der Waals surface area contributed by atoms with E-state index in [-0.39, 0.29) is 43.8 Å². The van der Waals surface area contributed by atoms with Gasteiger partial charge in [-0.1, -0.05) is 78.3 Å². The number of Topliss-reactive ketones (excluding diaryl/α,β-unsaturated/α-hetero) is 1. The number of para-hydroxylation sites is 2. The van der Waals surface area contributed by atoms with E-state index in [0.29, 0.717) is 34.7 Å². The molecule has 1 aliphatic rings. The molecule has 12 nitrogen and oxygen atoms in total. The predicted octanol–water partition coefficient (Wildman–Crippen LogP) is 5.41. The molecule has 0 spiro atoms. The maximum absolute atomic E-state index is 14.4. The molecule has 1 aromatic heterocycles. The van der Waals surface area contributed by atoms with Crippen molar-refractivity contribution < 1.29 is 23.5 Å². The zero-order valence-electron chi connectivity index (χ0n) is 30.2. The third kappa shape index (κ3) is 9.51. The number of nitrogens with zero attached hydrogens (tertiary/aromatic N) is 2. The van der Waals surface area contributed by atoms with E-state index >= 15 is 0 Å². The van der Waals surface area contributed by atoms with Gasteiger partial charge >= 0.3 is 0 Å². The summed E-state index contributed by atoms with van der Waals surface area (Å²) in [6.07, 6.45) is 1.09. The van der Waals surface area contributed by atoms with Gasteiger partial charge in [0.1, 0.15) is 17.6 Å². The van der Waals surface area contributed by atoms with Crippen molar-refractivity contribution in [3.63, 3.8) is 0 Å². The molecule has 4 atom stereocenters. The first-order chi connectivity index (χ1) is 26.1. The number of likely N-dealkylation sites (tertiary alicyclic amines) is 1. The Bertz CT molecular complexity index is 2070. The second-order valence-electron chi connectivity index (χ2n) is 13.5. The summed E-state index contributed by atoms with van der Waals surface area (Å²) in [7, 11) is 1.74. The van der Waals surface area contributed by atoms with Crippen molar-refractivity contribution in [2.45, 2.75) is 63.4 Å². The highest BCUT2D eigenvalue weighted by molar-refractivity contribution is 6.30. The highest BCUT2D eigenvalue weighted by Crippen LogP contribution is 2.26. The first-order valence-electron chi connectivity index (χ1n) is 17.9. The Hall–Kier alpha value is -5.56. The number of nitrogens with two attached hydrogens (primary N) is 1. The lowest BCUT2D eigenvalue weighted by molar-refractivity contribution is -0.140. The number of anilines is 1. The zero-order valence-corrected chi connectivity index (χ0v) is 30.9. The normalized spacial score (nSPS) is 16.5. The fraction of sp³-hybridized carbons (Fsp3) is 0.293. The number of carbonyl (C=O) groups excluding carboxylic acids is 3. The highest BCUT2D eigenvalue weighted by Gasteiger charge is 2.43. The van der Waals surface area contributed by atoms with E-state index in [9.17, 15) is 14.4 Å². The summed E-state index contributed by atoms with van der Waals surface area (Å²) in [6, 6.07) is 27.2. The van der Waals surface area contributed by atoms with Gasteiger partial charge in [-0.2, -0.15) is 0 Å². The lowest BCUT2D eigenvalue weighted by Crippen LogP contribution is -2.54. The van der Waals surface area contributed by atoms with Crippen LogP contribution in [0, 0.1) is 12.3 Å². The molecule has 13 heteroatoms. The van der Waals surface area contributed by atoms with Crippen LogP contribution in [0.15, 0.2) is 101 Å². The van der Waals surface area contributed by atoms with Crippen LogP contribution in [-0.4, -0.2) is 71.3 Å². The summed E-state index contributed by atoms with van der Waals surface area (Å²) < 4.78 is 12.1. The van der Waals surface area contributed by atoms with Crippen LogP contribution in [0.2, 0.25) is 5.02 Å². The number of rotatable bonds is 15. The van der Waals surface area contributed by atoms with Gasteiger partial charge in [0, 0.05) is 30.1 Å². The standard InChI is InChI=1S/C41H44ClN7O5/c1-25-20-28(15-18-31(25)48-41(43)44)21-34(37(50)39-47-32-10-6-7-11-36(32)54-39)46-38(51)35-22-30(53-24-27-12-16-29(42)17-13-27)23-49(35)40(52)33(45-2)19-14-26-8-4-3-5-9-26/h3-13,15-18,20,30,33-35,45H,14,19,21-24H2,1-2H3,(H,46,51)(H4,43,44,48)/t30-,33-,34?,35+/m1/s1. The monoisotopic (exact) mass is 749 g/mol. The molecular weight excluding hydrogens is 706 g/mol. The molecule has 2 amide bonds. The maximum atomic E-state index is 14.4. The van der Waals surface area contributed by atoms with Gasteiger partial charge in [-0.15, -0.1) is 0 Å². The van der Waals surface area contributed by atoms with Gasteiger partial charge < -0.3 is 35.7 Å². The molecule has 54 heavy (non-hydrogen) atoms. The highest BCUT2D eigenvalue weighted by atomic mass is 35.5. The molecule has 4 aromatic carbocycles. The molecule has 1 aliphatic heterocycles. The number of ketones is 1. The number of likely N-dealkylation sites (N-methyl/N-ethyl adjacent to an activating group) is 1. The summed E-state index contributed by atoms with van der Waals surface area (Å²) in [4.78, 5) is 48.8. The van der Waals surface area contributed by atoms with Crippen LogP contribution in [0.5, 0.6) is 0 Å². The van der Waals surface area contributed by atoms with Crippen LogP contribution in [0.4, 0.5) is 5.69 Å². The molecule has 1 fully saturated rings. The summed E-state index contributed by atoms with van der Waals surface area (Å²) in [6.45, 7) is 2.32. The average molecular weight is 750 g/mol. The van der Waals surface area contributed by atoms with Gasteiger partial charge in [0.15, 0.2) is 11.5 Å². The van der Waals surface area contributed by atoms with Crippen LogP contribution in [0.1, 0.15) is 45.8 Å². The number of ether oxygens (including phenoxy) is 1. The number of guanidine groups is 1. The largest absolute Gasteiger partial charge is 0.434 e. The van der Waals surface area contributed by atoms with Gasteiger partial charge in [0.2, 0.25) is 17.6 Å². The second kappa shape index (κ2) is 17.5. The predicted molar refractivity (Wildman–Crippen MR) is 208 cm³/mol. The molecule has 0 radical (unpaired) electrons. The van der Waals surface area contributed by atoms with E-state index in [0.717, 1.165) is 22.3 Å². The number of hydrogen-bond acceptors (Lipinski definition) is 8. The minimum Gasteiger partial charge on any atom is -0.434 e. The van der Waals surface area contributed by atoms with E-state index in [2.05, 4.69) is 20.9 Å². The summed E-state index contributed by atoms with van der Waals surface area (Å²) in [5, 5.41) is 17.1. The molecule has 0 bridgehead atoms. The third-order valence-electron chi connectivity index (χ3n) is 9.60. The summed E-state index contributed by atoms with van der Waals surface area (Å²) in [5.41, 5.74) is 10.7. The quantitative estimate of drug-likeness (QED) is 0.0532. The summed E-state index contributed by atoms with van der Waals surface area (Å²) >= 11 is 6.08. The topological polar surface area (TPSA) is 176 Å². The van der Waals surface area contributed by atoms with Crippen LogP contribution < -0.4 is 21.7 Å². The van der Waals surface area contributed by atoms with Crippen molar-refractivity contribution in [2.75, 3.05) is 18.9 Å². The molecular formula is C41H44ClN7O5. The molecule has 1 saturated heterocycles. The van der Waals surface area contributed by atoms with Crippen molar-refractivity contribution in [3.05, 3.63) is 130 Å². The molecule has 0 saturated carbocycles. The molecule has 6 rings (SSSR count). The number of oxazole rings is 1. The number of fused-ring (bicyclic) bond motifs is 1. The Kier molecular flexibility index (Phi) is 12.4. The van der Waals surface area contributed by atoms with Crippen LogP contribution in [0.25, 0.3) is 11.1 Å². The number of aromatic nitrogens is 1. The Balaban J connectivity index is 1.26. The molecule has 6 N–H and O–H groups in total. The summed E-state index contributed by atoms with van der Waals surface area (Å²) in [5.74, 6) is -1.55. The fourth-order valence-corrected chi connectivity index (χ4v) is 6.86. The van der Waals surface area contributed by atoms with Crippen molar-refractivity contribution in [2.24, 2.45) is 5.73 Å². The van der Waals surface area contributed by atoms with E-state index in [1.54, 1.807) is 60.5 Å². The van der Waals surface area contributed by atoms with Crippen molar-refractivity contribution in [3.8, 4) is 0 Å². The lowest BCUT2D eigenvalue weighted by Gasteiger charge is -2.29. The molecule has 1 unspecified atom stereocenters. The number of hydrogen-bond donors (Lipinski definition) is 5. The number of carbonyl (C=O) groups is 3. The second-order valence-corrected chi connectivity index (χ2v) is 13.9. The molecule has 5 aromatic rings. The molecule has 0 aliphatic carbocycles. The Morgan fingerprint density at radius 1 is 0.981 bits per heavy atom. The Morgan fingerprint density at radius 2 is 1.70 bits per heavy atom. The first-order valence-corrected chi connectivity index (χ1v) is 18.2. The molecule has 2 heterocycles. The zero-order chi connectivity index (χ0) is 38.2. The van der Waals surface area contributed by atoms with Gasteiger partial charge in [-0.3, -0.25) is 19.8 Å². The number of halogens is 1. The minimum atomic E-state index is -1.08. The van der Waals surface area contributed by atoms with E-state index in [1.807, 2.05) is 55.5 Å². The number of nitrogens with one attached hydrogen (secondary N) is 4. The van der Waals surface area contributed by atoms with E-state index in [1.165, 1.54) is 0 Å². The van der Waals surface area contributed by atoms with Gasteiger partial charge in [0.05, 0.1) is 18.8 Å². The van der Waals surface area contributed by atoms with Crippen LogP contribution >= 0.6 is 11.6 Å². The SMILES string of the molecule is CN[C@H](CCc1ccccc1)C(=O)N1C[C@H](OCc2ccc(Cl)cc2)C[C@H]1C(=O)NC(Cc1ccc(NC(=N)N)c(C)c1)C(=O)c1nc2ccccc2o1. The van der Waals surface area contributed by atoms with E-state index < -0.39 is 35.9 Å². The van der Waals surface area contributed by atoms with Gasteiger partial charge in [0.25, 0.3) is 5.89 Å².